The van der Waals surface area contributed by atoms with E-state index in [0.29, 0.717) is 13.0 Å². The van der Waals surface area contributed by atoms with Crippen LogP contribution in [0.25, 0.3) is 11.1 Å². The molecule has 1 aliphatic heterocycles. The maximum absolute atomic E-state index is 12.3. The quantitative estimate of drug-likeness (QED) is 0.0703. The standard InChI is InChI=1S/C46H66N2O6/c1-3-5-7-9-11-13-28-48(29-14-12-10-8-6-4-2)34-42-32-43(38-26-24-36(35-49)25-27-38)54-46(53-42)41-21-16-20-40(31-41)39-19-15-18-37(30-39)33-47-44(50)22-17-23-45(51)52/h15-16,18-21,24-27,30-31,42-43,46,49H,3-14,17,22-23,28-29,32-35H2,1-2H3,(H,47,50)(H,51,52)/t42-,43+,46+/m1/s1. The topological polar surface area (TPSA) is 108 Å². The summed E-state index contributed by atoms with van der Waals surface area (Å²) in [4.78, 5) is 25.7. The van der Waals surface area contributed by atoms with Crippen molar-refractivity contribution in [3.8, 4) is 11.1 Å². The number of rotatable bonds is 26. The lowest BCUT2D eigenvalue weighted by Crippen LogP contribution is -2.40. The lowest BCUT2D eigenvalue weighted by Gasteiger charge is -2.38. The molecule has 0 saturated carbocycles. The highest BCUT2D eigenvalue weighted by molar-refractivity contribution is 5.76. The molecule has 0 unspecified atom stereocenters. The first kappa shape index (κ1) is 43.2. The van der Waals surface area contributed by atoms with E-state index in [2.05, 4.69) is 66.5 Å². The second kappa shape index (κ2) is 24.8. The normalized spacial score (nSPS) is 17.1. The van der Waals surface area contributed by atoms with E-state index in [4.69, 9.17) is 14.6 Å². The molecule has 296 valence electrons. The third-order valence-electron chi connectivity index (χ3n) is 10.4. The summed E-state index contributed by atoms with van der Waals surface area (Å²) in [7, 11) is 0. The number of hydrogen-bond acceptors (Lipinski definition) is 6. The van der Waals surface area contributed by atoms with Crippen molar-refractivity contribution in [1.82, 2.24) is 10.2 Å². The molecule has 3 N–H and O–H groups in total. The molecule has 3 aromatic carbocycles. The van der Waals surface area contributed by atoms with Gasteiger partial charge in [-0.05, 0) is 72.3 Å². The Kier molecular flexibility index (Phi) is 19.8. The number of carbonyl (C=O) groups is 2. The van der Waals surface area contributed by atoms with Gasteiger partial charge in [-0.25, -0.2) is 0 Å². The number of amides is 1. The Bertz CT molecular complexity index is 1500. The van der Waals surface area contributed by atoms with Crippen LogP contribution in [0.15, 0.2) is 72.8 Å². The molecule has 0 bridgehead atoms. The van der Waals surface area contributed by atoms with Crippen molar-refractivity contribution in [3.63, 3.8) is 0 Å². The van der Waals surface area contributed by atoms with Crippen LogP contribution in [0.1, 0.15) is 151 Å². The minimum Gasteiger partial charge on any atom is -0.481 e. The van der Waals surface area contributed by atoms with Gasteiger partial charge in [0.25, 0.3) is 0 Å². The van der Waals surface area contributed by atoms with Crippen LogP contribution in [0.3, 0.4) is 0 Å². The molecule has 0 aliphatic carbocycles. The van der Waals surface area contributed by atoms with E-state index in [9.17, 15) is 14.7 Å². The van der Waals surface area contributed by atoms with Gasteiger partial charge in [-0.15, -0.1) is 0 Å². The minimum atomic E-state index is -0.890. The van der Waals surface area contributed by atoms with Gasteiger partial charge in [0, 0.05) is 37.9 Å². The smallest absolute Gasteiger partial charge is 0.303 e. The molecule has 8 nitrogen and oxygen atoms in total. The molecular weight excluding hydrogens is 677 g/mol. The third-order valence-corrected chi connectivity index (χ3v) is 10.4. The molecule has 1 saturated heterocycles. The largest absolute Gasteiger partial charge is 0.481 e. The summed E-state index contributed by atoms with van der Waals surface area (Å²) in [5.74, 6) is -1.04. The Hall–Kier alpha value is -3.56. The predicted octanol–water partition coefficient (Wildman–Crippen LogP) is 10.3. The summed E-state index contributed by atoms with van der Waals surface area (Å²) in [5, 5.41) is 21.5. The zero-order chi connectivity index (χ0) is 38.4. The van der Waals surface area contributed by atoms with E-state index in [1.807, 2.05) is 30.3 Å². The summed E-state index contributed by atoms with van der Waals surface area (Å²) in [6.45, 7) is 7.99. The number of aliphatic hydroxyl groups is 1. The molecule has 3 aromatic rings. The Morgan fingerprint density at radius 3 is 1.98 bits per heavy atom. The molecule has 54 heavy (non-hydrogen) atoms. The zero-order valence-corrected chi connectivity index (χ0v) is 33.0. The lowest BCUT2D eigenvalue weighted by molar-refractivity contribution is -0.253. The Morgan fingerprint density at radius 1 is 0.704 bits per heavy atom. The van der Waals surface area contributed by atoms with Crippen molar-refractivity contribution in [1.29, 1.82) is 0 Å². The first-order valence-corrected chi connectivity index (χ1v) is 20.8. The van der Waals surface area contributed by atoms with Gasteiger partial charge in [-0.1, -0.05) is 139 Å². The summed E-state index contributed by atoms with van der Waals surface area (Å²) in [6.07, 6.45) is 16.0. The summed E-state index contributed by atoms with van der Waals surface area (Å²) < 4.78 is 13.6. The van der Waals surface area contributed by atoms with E-state index in [-0.39, 0.29) is 37.6 Å². The fourth-order valence-electron chi connectivity index (χ4n) is 7.26. The molecule has 0 spiro atoms. The van der Waals surface area contributed by atoms with Crippen molar-refractivity contribution in [2.24, 2.45) is 0 Å². The molecule has 4 rings (SSSR count). The molecular formula is C46H66N2O6. The summed E-state index contributed by atoms with van der Waals surface area (Å²) in [6, 6.07) is 24.6. The van der Waals surface area contributed by atoms with Gasteiger partial charge < -0.3 is 29.9 Å². The monoisotopic (exact) mass is 742 g/mol. The lowest BCUT2D eigenvalue weighted by atomic mass is 9.98. The van der Waals surface area contributed by atoms with Gasteiger partial charge >= 0.3 is 5.97 Å². The average Bonchev–Trinajstić information content (AvgIpc) is 3.19. The molecule has 1 heterocycles. The van der Waals surface area contributed by atoms with Crippen LogP contribution in [-0.2, 0) is 32.2 Å². The van der Waals surface area contributed by atoms with Crippen LogP contribution in [0.2, 0.25) is 0 Å². The highest BCUT2D eigenvalue weighted by Crippen LogP contribution is 2.39. The van der Waals surface area contributed by atoms with Gasteiger partial charge in [0.1, 0.15) is 0 Å². The fraction of sp³-hybridized carbons (Fsp3) is 0.565. The van der Waals surface area contributed by atoms with Gasteiger partial charge in [-0.2, -0.15) is 0 Å². The van der Waals surface area contributed by atoms with Crippen molar-refractivity contribution in [2.45, 2.75) is 148 Å². The number of aliphatic hydroxyl groups excluding tert-OH is 1. The van der Waals surface area contributed by atoms with Crippen LogP contribution < -0.4 is 5.32 Å². The summed E-state index contributed by atoms with van der Waals surface area (Å²) in [5.41, 5.74) is 5.98. The number of hydrogen-bond donors (Lipinski definition) is 3. The third kappa shape index (κ3) is 15.7. The van der Waals surface area contributed by atoms with E-state index in [0.717, 1.165) is 59.4 Å². The maximum atomic E-state index is 12.3. The molecule has 1 fully saturated rings. The fourth-order valence-corrected chi connectivity index (χ4v) is 7.26. The zero-order valence-electron chi connectivity index (χ0n) is 33.0. The minimum absolute atomic E-state index is 0.00227. The van der Waals surface area contributed by atoms with Gasteiger partial charge in [0.05, 0.1) is 18.8 Å². The predicted molar refractivity (Wildman–Crippen MR) is 217 cm³/mol. The second-order valence-corrected chi connectivity index (χ2v) is 15.0. The number of carboxylic acid groups (broad SMARTS) is 1. The van der Waals surface area contributed by atoms with E-state index < -0.39 is 12.3 Å². The number of nitrogens with zero attached hydrogens (tertiary/aromatic N) is 1. The van der Waals surface area contributed by atoms with Crippen molar-refractivity contribution >= 4 is 11.9 Å². The van der Waals surface area contributed by atoms with Gasteiger partial charge in [-0.3, -0.25) is 9.59 Å². The highest BCUT2D eigenvalue weighted by Gasteiger charge is 2.33. The number of carboxylic acids is 1. The number of ether oxygens (including phenoxy) is 2. The van der Waals surface area contributed by atoms with Crippen LogP contribution in [0, 0.1) is 0 Å². The van der Waals surface area contributed by atoms with Crippen LogP contribution >= 0.6 is 0 Å². The number of carbonyl (C=O) groups excluding carboxylic acids is 1. The number of unbranched alkanes of at least 4 members (excludes halogenated alkanes) is 10. The summed E-state index contributed by atoms with van der Waals surface area (Å²) >= 11 is 0. The maximum Gasteiger partial charge on any atom is 0.303 e. The molecule has 0 aromatic heterocycles. The first-order chi connectivity index (χ1) is 26.4. The first-order valence-electron chi connectivity index (χ1n) is 20.8. The van der Waals surface area contributed by atoms with Crippen molar-refractivity contribution in [2.75, 3.05) is 19.6 Å². The second-order valence-electron chi connectivity index (χ2n) is 15.0. The molecule has 1 amide bonds. The van der Waals surface area contributed by atoms with E-state index in [1.165, 1.54) is 77.0 Å². The van der Waals surface area contributed by atoms with Crippen LogP contribution in [0.4, 0.5) is 0 Å². The van der Waals surface area contributed by atoms with Crippen molar-refractivity contribution in [3.05, 3.63) is 95.1 Å². The SMILES string of the molecule is CCCCCCCCN(CCCCCCCC)C[C@H]1C[C@@H](c2ccc(CO)cc2)O[C@@H](c2cccc(-c3cccc(CNC(=O)CCCC(=O)O)c3)c2)O1. The Labute approximate surface area is 324 Å². The van der Waals surface area contributed by atoms with E-state index in [1.54, 1.807) is 0 Å². The van der Waals surface area contributed by atoms with E-state index >= 15 is 0 Å². The number of aliphatic carboxylic acids is 1. The van der Waals surface area contributed by atoms with Crippen LogP contribution in [0.5, 0.6) is 0 Å². The Balaban J connectivity index is 1.48. The number of nitrogens with one attached hydrogen (secondary N) is 1. The molecule has 1 aliphatic rings. The van der Waals surface area contributed by atoms with Gasteiger partial charge in [0.15, 0.2) is 6.29 Å². The van der Waals surface area contributed by atoms with Crippen molar-refractivity contribution < 1.29 is 29.3 Å². The van der Waals surface area contributed by atoms with Gasteiger partial charge in [0.2, 0.25) is 5.91 Å². The molecule has 3 atom stereocenters. The molecule has 8 heteroatoms. The Morgan fingerprint density at radius 2 is 1.33 bits per heavy atom. The molecule has 0 radical (unpaired) electrons. The van der Waals surface area contributed by atoms with Crippen LogP contribution in [-0.4, -0.2) is 52.7 Å². The highest BCUT2D eigenvalue weighted by atomic mass is 16.7. The average molecular weight is 743 g/mol. The number of benzene rings is 3.